The highest BCUT2D eigenvalue weighted by molar-refractivity contribution is 5.88. The summed E-state index contributed by atoms with van der Waals surface area (Å²) in [6.45, 7) is 16.0. The molecule has 2 N–H and O–H groups in total. The molecule has 0 saturated carbocycles. The Bertz CT molecular complexity index is 184. The molecule has 0 spiro atoms. The number of carbonyl (C=O) groups is 1. The van der Waals surface area contributed by atoms with Crippen LogP contribution in [0.25, 0.3) is 0 Å². The fourth-order valence-electron chi connectivity index (χ4n) is 1.31. The molecule has 0 fully saturated rings. The number of Topliss-reactive ketones (excluding diaryl/α,β-unsaturated/α-hetero) is 1. The average molecular weight is 215 g/mol. The van der Waals surface area contributed by atoms with Gasteiger partial charge in [-0.1, -0.05) is 55.4 Å². The number of ketones is 1. The van der Waals surface area contributed by atoms with Crippen LogP contribution >= 0.6 is 0 Å². The van der Waals surface area contributed by atoms with E-state index in [9.17, 15) is 4.79 Å². The number of carbonyl (C=O) groups excluding carboxylic acids is 1. The first kappa shape index (κ1) is 17.0. The van der Waals surface area contributed by atoms with Gasteiger partial charge in [-0.05, 0) is 11.8 Å². The van der Waals surface area contributed by atoms with Crippen molar-refractivity contribution in [1.82, 2.24) is 0 Å². The van der Waals surface area contributed by atoms with Crippen LogP contribution in [0.1, 0.15) is 61.8 Å². The molecule has 0 rings (SSSR count). The predicted molar refractivity (Wildman–Crippen MR) is 67.9 cm³/mol. The fraction of sp³-hybridized carbons (Fsp3) is 0.923. The summed E-state index contributed by atoms with van der Waals surface area (Å²) in [6, 6.07) is -0.319. The highest BCUT2D eigenvalue weighted by Gasteiger charge is 2.29. The Labute approximate surface area is 95.6 Å². The molecule has 2 nitrogen and oxygen atoms in total. The smallest absolute Gasteiger partial charge is 0.154 e. The van der Waals surface area contributed by atoms with E-state index in [0.717, 1.165) is 6.42 Å². The molecule has 0 saturated heterocycles. The second-order valence-electron chi connectivity index (χ2n) is 5.99. The van der Waals surface area contributed by atoms with Crippen LogP contribution in [-0.4, -0.2) is 11.8 Å². The summed E-state index contributed by atoms with van der Waals surface area (Å²) in [5.74, 6) is 0.155. The Morgan fingerprint density at radius 3 is 1.60 bits per heavy atom. The molecule has 15 heavy (non-hydrogen) atoms. The third-order valence-corrected chi connectivity index (χ3v) is 1.91. The van der Waals surface area contributed by atoms with Crippen LogP contribution in [0.4, 0.5) is 0 Å². The molecule has 92 valence electrons. The molecule has 0 aromatic heterocycles. The van der Waals surface area contributed by atoms with E-state index in [1.807, 2.05) is 34.6 Å². The molecule has 0 aromatic carbocycles. The lowest BCUT2D eigenvalue weighted by Crippen LogP contribution is -2.41. The number of hydrogen-bond acceptors (Lipinski definition) is 2. The van der Waals surface area contributed by atoms with Crippen LogP contribution in [0.3, 0.4) is 0 Å². The van der Waals surface area contributed by atoms with Crippen molar-refractivity contribution in [2.75, 3.05) is 0 Å². The largest absolute Gasteiger partial charge is 0.321 e. The maximum atomic E-state index is 11.7. The summed E-state index contributed by atoms with van der Waals surface area (Å²) in [6.07, 6.45) is 0.753. The van der Waals surface area contributed by atoms with Crippen molar-refractivity contribution in [2.45, 2.75) is 67.9 Å². The zero-order chi connectivity index (χ0) is 12.9. The minimum atomic E-state index is -0.319. The molecule has 0 bridgehead atoms. The highest BCUT2D eigenvalue weighted by atomic mass is 16.1. The van der Waals surface area contributed by atoms with Crippen molar-refractivity contribution in [2.24, 2.45) is 16.6 Å². The quantitative estimate of drug-likeness (QED) is 0.767. The first-order valence-electron chi connectivity index (χ1n) is 5.84. The zero-order valence-corrected chi connectivity index (χ0v) is 11.8. The molecular weight excluding hydrogens is 186 g/mol. The normalized spacial score (nSPS) is 13.9. The molecule has 2 heteroatoms. The first-order valence-corrected chi connectivity index (χ1v) is 5.84. The lowest BCUT2D eigenvalue weighted by atomic mass is 9.80. The van der Waals surface area contributed by atoms with Crippen LogP contribution in [0.5, 0.6) is 0 Å². The van der Waals surface area contributed by atoms with Crippen molar-refractivity contribution in [1.29, 1.82) is 0 Å². The summed E-state index contributed by atoms with van der Waals surface area (Å²) >= 11 is 0. The van der Waals surface area contributed by atoms with Gasteiger partial charge in [0.05, 0.1) is 6.04 Å². The molecule has 1 unspecified atom stereocenters. The molecule has 1 atom stereocenters. The van der Waals surface area contributed by atoms with Crippen molar-refractivity contribution < 1.29 is 4.79 Å². The Morgan fingerprint density at radius 1 is 1.07 bits per heavy atom. The van der Waals surface area contributed by atoms with E-state index in [1.54, 1.807) is 0 Å². The van der Waals surface area contributed by atoms with Gasteiger partial charge in [0.2, 0.25) is 0 Å². The van der Waals surface area contributed by atoms with Gasteiger partial charge < -0.3 is 5.73 Å². The van der Waals surface area contributed by atoms with E-state index >= 15 is 0 Å². The zero-order valence-electron chi connectivity index (χ0n) is 11.8. The molecule has 0 aliphatic heterocycles. The standard InChI is InChI=1S/C11H23NO.C2H6/c1-10(2,3)7-8(12)9(13)11(4,5)6;1-2/h8H,7,12H2,1-6H3;1-2H3. The van der Waals surface area contributed by atoms with Gasteiger partial charge in [0.25, 0.3) is 0 Å². The van der Waals surface area contributed by atoms with Gasteiger partial charge >= 0.3 is 0 Å². The molecule has 0 radical (unpaired) electrons. The summed E-state index contributed by atoms with van der Waals surface area (Å²) < 4.78 is 0. The SMILES string of the molecule is CC.CC(C)(C)CC(N)C(=O)C(C)(C)C. The fourth-order valence-corrected chi connectivity index (χ4v) is 1.31. The number of rotatable bonds is 2. The van der Waals surface area contributed by atoms with Gasteiger partial charge in [-0.15, -0.1) is 0 Å². The second-order valence-corrected chi connectivity index (χ2v) is 5.99. The monoisotopic (exact) mass is 215 g/mol. The van der Waals surface area contributed by atoms with Crippen molar-refractivity contribution in [3.8, 4) is 0 Å². The third kappa shape index (κ3) is 8.61. The molecule has 0 aromatic rings. The van der Waals surface area contributed by atoms with E-state index in [4.69, 9.17) is 5.73 Å². The van der Waals surface area contributed by atoms with Crippen LogP contribution < -0.4 is 5.73 Å². The topological polar surface area (TPSA) is 43.1 Å². The maximum absolute atomic E-state index is 11.7. The van der Waals surface area contributed by atoms with Crippen LogP contribution in [0, 0.1) is 10.8 Å². The summed E-state index contributed by atoms with van der Waals surface area (Å²) in [7, 11) is 0. The van der Waals surface area contributed by atoms with Crippen LogP contribution in [0.2, 0.25) is 0 Å². The van der Waals surface area contributed by atoms with Crippen molar-refractivity contribution in [3.63, 3.8) is 0 Å². The van der Waals surface area contributed by atoms with E-state index in [2.05, 4.69) is 20.8 Å². The van der Waals surface area contributed by atoms with E-state index in [1.165, 1.54) is 0 Å². The molecule has 0 aliphatic carbocycles. The number of nitrogens with two attached hydrogens (primary N) is 1. The molecule has 0 heterocycles. The van der Waals surface area contributed by atoms with Crippen LogP contribution in [0.15, 0.2) is 0 Å². The van der Waals surface area contributed by atoms with Crippen molar-refractivity contribution >= 4 is 5.78 Å². The predicted octanol–water partition coefficient (Wildman–Crippen LogP) is 3.39. The Morgan fingerprint density at radius 2 is 1.40 bits per heavy atom. The minimum absolute atomic E-state index is 0.125. The minimum Gasteiger partial charge on any atom is -0.321 e. The lowest BCUT2D eigenvalue weighted by molar-refractivity contribution is -0.128. The van der Waals surface area contributed by atoms with Gasteiger partial charge in [-0.3, -0.25) is 4.79 Å². The van der Waals surface area contributed by atoms with Gasteiger partial charge in [0.1, 0.15) is 0 Å². The Kier molecular flexibility index (Phi) is 7.12. The summed E-state index contributed by atoms with van der Waals surface area (Å²) in [5.41, 5.74) is 5.65. The highest BCUT2D eigenvalue weighted by Crippen LogP contribution is 2.24. The lowest BCUT2D eigenvalue weighted by Gasteiger charge is -2.27. The van der Waals surface area contributed by atoms with Crippen LogP contribution in [-0.2, 0) is 4.79 Å². The summed E-state index contributed by atoms with van der Waals surface area (Å²) in [5, 5.41) is 0. The second kappa shape index (κ2) is 6.26. The Hall–Kier alpha value is -0.370. The van der Waals surface area contributed by atoms with Gasteiger partial charge in [-0.25, -0.2) is 0 Å². The first-order chi connectivity index (χ1) is 6.54. The van der Waals surface area contributed by atoms with Gasteiger partial charge in [0, 0.05) is 5.41 Å². The van der Waals surface area contributed by atoms with Gasteiger partial charge in [0.15, 0.2) is 5.78 Å². The van der Waals surface area contributed by atoms with Crippen molar-refractivity contribution in [3.05, 3.63) is 0 Å². The number of hydrogen-bond donors (Lipinski definition) is 1. The Balaban J connectivity index is 0. The van der Waals surface area contributed by atoms with E-state index in [0.29, 0.717) is 0 Å². The molecule has 0 aliphatic rings. The maximum Gasteiger partial charge on any atom is 0.154 e. The molecule has 0 amide bonds. The van der Waals surface area contributed by atoms with Gasteiger partial charge in [-0.2, -0.15) is 0 Å². The molecular formula is C13H29NO. The third-order valence-electron chi connectivity index (χ3n) is 1.91. The van der Waals surface area contributed by atoms with E-state index in [-0.39, 0.29) is 22.7 Å². The van der Waals surface area contributed by atoms with E-state index < -0.39 is 0 Å². The average Bonchev–Trinajstić information content (AvgIpc) is 2.02. The summed E-state index contributed by atoms with van der Waals surface area (Å²) in [4.78, 5) is 11.7.